The third-order valence-corrected chi connectivity index (χ3v) is 5.80. The first-order chi connectivity index (χ1) is 10.4. The average molecular weight is 330 g/mol. The maximum Gasteiger partial charge on any atom is 0.409 e. The molecule has 1 aliphatic heterocycles. The van der Waals surface area contributed by atoms with Gasteiger partial charge in [-0.3, -0.25) is 5.10 Å². The third-order valence-electron chi connectivity index (χ3n) is 3.64. The second-order valence-electron chi connectivity index (χ2n) is 5.21. The lowest BCUT2D eigenvalue weighted by atomic mass is 10.4. The summed E-state index contributed by atoms with van der Waals surface area (Å²) in [5.41, 5.74) is 0.994. The molecule has 0 radical (unpaired) electrons. The van der Waals surface area contributed by atoms with Gasteiger partial charge in [0.15, 0.2) is 0 Å². The SMILES string of the molecule is CCOC(=O)N1CCCN(S(=O)(=O)c2c(C)n[nH]c2C)CC1. The Kier molecular flexibility index (Phi) is 5.07. The minimum atomic E-state index is -3.60. The highest BCUT2D eigenvalue weighted by atomic mass is 32.2. The van der Waals surface area contributed by atoms with E-state index in [9.17, 15) is 13.2 Å². The Bertz CT molecular complexity index is 621. The third kappa shape index (κ3) is 3.25. The van der Waals surface area contributed by atoms with Crippen molar-refractivity contribution in [1.82, 2.24) is 19.4 Å². The van der Waals surface area contributed by atoms with Crippen molar-refractivity contribution in [2.45, 2.75) is 32.1 Å². The van der Waals surface area contributed by atoms with Crippen molar-refractivity contribution in [3.05, 3.63) is 11.4 Å². The van der Waals surface area contributed by atoms with E-state index in [4.69, 9.17) is 4.74 Å². The molecule has 0 atom stereocenters. The first kappa shape index (κ1) is 16.8. The smallest absolute Gasteiger partial charge is 0.409 e. The second kappa shape index (κ2) is 6.66. The Hall–Kier alpha value is -1.61. The number of rotatable bonds is 3. The maximum absolute atomic E-state index is 12.8. The van der Waals surface area contributed by atoms with E-state index in [1.807, 2.05) is 0 Å². The Labute approximate surface area is 130 Å². The Balaban J connectivity index is 2.15. The lowest BCUT2D eigenvalue weighted by Gasteiger charge is -2.21. The molecule has 1 amide bonds. The van der Waals surface area contributed by atoms with Gasteiger partial charge in [0.05, 0.1) is 18.0 Å². The summed E-state index contributed by atoms with van der Waals surface area (Å²) in [6, 6.07) is 0. The molecule has 1 aliphatic rings. The van der Waals surface area contributed by atoms with Crippen molar-refractivity contribution in [2.24, 2.45) is 0 Å². The monoisotopic (exact) mass is 330 g/mol. The molecule has 1 aromatic rings. The fourth-order valence-electron chi connectivity index (χ4n) is 2.58. The molecule has 0 bridgehead atoms. The Morgan fingerprint density at radius 1 is 1.27 bits per heavy atom. The first-order valence-corrected chi connectivity index (χ1v) is 8.75. The van der Waals surface area contributed by atoms with Gasteiger partial charge >= 0.3 is 6.09 Å². The first-order valence-electron chi connectivity index (χ1n) is 7.31. The zero-order chi connectivity index (χ0) is 16.3. The minimum Gasteiger partial charge on any atom is -0.450 e. The molecule has 1 fully saturated rings. The van der Waals surface area contributed by atoms with Gasteiger partial charge in [0.2, 0.25) is 10.0 Å². The summed E-state index contributed by atoms with van der Waals surface area (Å²) >= 11 is 0. The Morgan fingerprint density at radius 2 is 2.00 bits per heavy atom. The van der Waals surface area contributed by atoms with Crippen LogP contribution in [0.4, 0.5) is 4.79 Å². The molecule has 124 valence electrons. The molecule has 22 heavy (non-hydrogen) atoms. The number of nitrogens with zero attached hydrogens (tertiary/aromatic N) is 3. The van der Waals surface area contributed by atoms with E-state index in [-0.39, 0.29) is 11.4 Å². The van der Waals surface area contributed by atoms with Crippen LogP contribution in [0.15, 0.2) is 4.90 Å². The number of ether oxygens (including phenoxy) is 1. The van der Waals surface area contributed by atoms with Crippen LogP contribution in [0.1, 0.15) is 24.7 Å². The normalized spacial score (nSPS) is 17.3. The van der Waals surface area contributed by atoms with E-state index in [1.54, 1.807) is 25.7 Å². The van der Waals surface area contributed by atoms with Crippen molar-refractivity contribution in [2.75, 3.05) is 32.8 Å². The molecule has 0 saturated carbocycles. The topological polar surface area (TPSA) is 95.6 Å². The number of H-pyrrole nitrogens is 1. The molecule has 2 rings (SSSR count). The number of carbonyl (C=O) groups excluding carboxylic acids is 1. The molecule has 0 aliphatic carbocycles. The molecule has 2 heterocycles. The van der Waals surface area contributed by atoms with Crippen LogP contribution in [0.3, 0.4) is 0 Å². The highest BCUT2D eigenvalue weighted by molar-refractivity contribution is 7.89. The van der Waals surface area contributed by atoms with Crippen molar-refractivity contribution in [3.8, 4) is 0 Å². The number of sulfonamides is 1. The van der Waals surface area contributed by atoms with Crippen molar-refractivity contribution >= 4 is 16.1 Å². The largest absolute Gasteiger partial charge is 0.450 e. The minimum absolute atomic E-state index is 0.233. The number of amides is 1. The van der Waals surface area contributed by atoms with Crippen LogP contribution in [-0.2, 0) is 14.8 Å². The van der Waals surface area contributed by atoms with E-state index in [1.165, 1.54) is 4.31 Å². The lowest BCUT2D eigenvalue weighted by Crippen LogP contribution is -2.37. The van der Waals surface area contributed by atoms with Crippen LogP contribution in [0.5, 0.6) is 0 Å². The maximum atomic E-state index is 12.8. The number of carbonyl (C=O) groups is 1. The van der Waals surface area contributed by atoms with Crippen LogP contribution in [0.2, 0.25) is 0 Å². The summed E-state index contributed by atoms with van der Waals surface area (Å²) in [6.45, 7) is 6.87. The van der Waals surface area contributed by atoms with Gasteiger partial charge in [-0.05, 0) is 27.2 Å². The molecule has 0 unspecified atom stereocenters. The quantitative estimate of drug-likeness (QED) is 0.887. The molecule has 8 nitrogen and oxygen atoms in total. The van der Waals surface area contributed by atoms with E-state index >= 15 is 0 Å². The molecular formula is C13H22N4O4S. The summed E-state index contributed by atoms with van der Waals surface area (Å²) in [4.78, 5) is 13.5. The zero-order valence-corrected chi connectivity index (χ0v) is 13.9. The zero-order valence-electron chi connectivity index (χ0n) is 13.1. The van der Waals surface area contributed by atoms with Crippen LogP contribution >= 0.6 is 0 Å². The van der Waals surface area contributed by atoms with Gasteiger partial charge in [-0.25, -0.2) is 13.2 Å². The van der Waals surface area contributed by atoms with Gasteiger partial charge in [0.25, 0.3) is 0 Å². The van der Waals surface area contributed by atoms with Gasteiger partial charge in [-0.15, -0.1) is 0 Å². The molecule has 9 heteroatoms. The van der Waals surface area contributed by atoms with Crippen LogP contribution < -0.4 is 0 Å². The van der Waals surface area contributed by atoms with Crippen molar-refractivity contribution in [3.63, 3.8) is 0 Å². The van der Waals surface area contributed by atoms with Crippen LogP contribution in [0.25, 0.3) is 0 Å². The van der Waals surface area contributed by atoms with Crippen LogP contribution in [-0.4, -0.2) is 66.7 Å². The highest BCUT2D eigenvalue weighted by Gasteiger charge is 2.32. The fraction of sp³-hybridized carbons (Fsp3) is 0.692. The van der Waals surface area contributed by atoms with Gasteiger partial charge in [0.1, 0.15) is 4.90 Å². The number of aromatic nitrogens is 2. The standard InChI is InChI=1S/C13H22N4O4S/c1-4-21-13(18)16-6-5-7-17(9-8-16)22(19,20)12-10(2)14-15-11(12)3/h4-9H2,1-3H3,(H,14,15). The molecule has 1 N–H and O–H groups in total. The summed E-state index contributed by atoms with van der Waals surface area (Å²) < 4.78 is 31.9. The Morgan fingerprint density at radius 3 is 2.59 bits per heavy atom. The number of nitrogens with one attached hydrogen (secondary N) is 1. The summed E-state index contributed by atoms with van der Waals surface area (Å²) in [6.07, 6.45) is 0.186. The number of aromatic amines is 1. The summed E-state index contributed by atoms with van der Waals surface area (Å²) in [7, 11) is -3.60. The molecule has 1 saturated heterocycles. The fourth-order valence-corrected chi connectivity index (χ4v) is 4.38. The predicted molar refractivity (Wildman–Crippen MR) is 80.0 cm³/mol. The number of aryl methyl sites for hydroxylation is 2. The van der Waals surface area contributed by atoms with E-state index < -0.39 is 16.1 Å². The number of hydrogen-bond acceptors (Lipinski definition) is 5. The number of hydrogen-bond donors (Lipinski definition) is 1. The second-order valence-corrected chi connectivity index (χ2v) is 7.08. The predicted octanol–water partition coefficient (Wildman–Crippen LogP) is 0.879. The highest BCUT2D eigenvalue weighted by Crippen LogP contribution is 2.22. The molecule has 0 aromatic carbocycles. The molecule has 0 spiro atoms. The van der Waals surface area contributed by atoms with E-state index in [0.29, 0.717) is 44.0 Å². The molecule has 1 aromatic heterocycles. The van der Waals surface area contributed by atoms with Gasteiger partial charge < -0.3 is 9.64 Å². The van der Waals surface area contributed by atoms with E-state index in [2.05, 4.69) is 10.2 Å². The van der Waals surface area contributed by atoms with Crippen molar-refractivity contribution < 1.29 is 17.9 Å². The van der Waals surface area contributed by atoms with Gasteiger partial charge in [-0.1, -0.05) is 0 Å². The summed E-state index contributed by atoms with van der Waals surface area (Å²) in [5, 5.41) is 6.65. The van der Waals surface area contributed by atoms with Crippen molar-refractivity contribution in [1.29, 1.82) is 0 Å². The van der Waals surface area contributed by atoms with Crippen LogP contribution in [0, 0.1) is 13.8 Å². The molecular weight excluding hydrogens is 308 g/mol. The van der Waals surface area contributed by atoms with Gasteiger partial charge in [0, 0.05) is 26.2 Å². The summed E-state index contributed by atoms with van der Waals surface area (Å²) in [5.74, 6) is 0. The van der Waals surface area contributed by atoms with E-state index in [0.717, 1.165) is 0 Å². The average Bonchev–Trinajstić information content (AvgIpc) is 2.68. The van der Waals surface area contributed by atoms with Gasteiger partial charge in [-0.2, -0.15) is 9.40 Å². The lowest BCUT2D eigenvalue weighted by molar-refractivity contribution is 0.109.